The Morgan fingerprint density at radius 1 is 1.52 bits per heavy atom. The van der Waals surface area contributed by atoms with E-state index >= 15 is 0 Å². The summed E-state index contributed by atoms with van der Waals surface area (Å²) < 4.78 is 0. The number of hydrogen-bond donors (Lipinski definition) is 3. The number of hydrogen-bond acceptors (Lipinski definition) is 5. The quantitative estimate of drug-likeness (QED) is 0.302. The molecule has 1 saturated heterocycles. The molecule has 2 heterocycles. The third-order valence-electron chi connectivity index (χ3n) is 3.78. The van der Waals surface area contributed by atoms with Gasteiger partial charge in [-0.2, -0.15) is 0 Å². The molecule has 1 aliphatic rings. The fraction of sp³-hybridized carbons (Fsp3) is 0.600. The maximum absolute atomic E-state index is 8.67. The number of aromatic nitrogens is 1. The van der Waals surface area contributed by atoms with Crippen LogP contribution >= 0.6 is 0 Å². The van der Waals surface area contributed by atoms with Crippen LogP contribution in [-0.4, -0.2) is 47.1 Å². The normalized spacial score (nSPS) is 18.0. The topological polar surface area (TPSA) is 86.8 Å². The molecule has 1 aromatic rings. The Hall–Kier alpha value is -1.66. The molecule has 0 amide bonds. The largest absolute Gasteiger partial charge is 0.409 e. The average molecular weight is 291 g/mol. The summed E-state index contributed by atoms with van der Waals surface area (Å²) in [6.45, 7) is 7.68. The van der Waals surface area contributed by atoms with Crippen molar-refractivity contribution in [1.29, 1.82) is 0 Å². The van der Waals surface area contributed by atoms with E-state index in [1.165, 1.54) is 32.5 Å². The van der Waals surface area contributed by atoms with Crippen molar-refractivity contribution in [2.75, 3.05) is 26.2 Å². The van der Waals surface area contributed by atoms with Gasteiger partial charge in [-0.05, 0) is 56.1 Å². The summed E-state index contributed by atoms with van der Waals surface area (Å²) in [5.74, 6) is 0.674. The second-order valence-electron chi connectivity index (χ2n) is 5.78. The molecule has 0 bridgehead atoms. The lowest BCUT2D eigenvalue weighted by Gasteiger charge is -2.20. The molecular formula is C15H25N5O. The average Bonchev–Trinajstić information content (AvgIpc) is 2.99. The highest BCUT2D eigenvalue weighted by atomic mass is 16.4. The lowest BCUT2D eigenvalue weighted by atomic mass is 10.1. The molecule has 0 aromatic carbocycles. The lowest BCUT2D eigenvalue weighted by Crippen LogP contribution is -2.31. The molecule has 0 radical (unpaired) electrons. The minimum absolute atomic E-state index is 0.0410. The molecule has 1 atom stereocenters. The molecule has 1 fully saturated rings. The number of nitrogens with zero attached hydrogens (tertiary/aromatic N) is 3. The van der Waals surface area contributed by atoms with Crippen molar-refractivity contribution >= 4 is 5.84 Å². The fourth-order valence-electron chi connectivity index (χ4n) is 2.71. The zero-order chi connectivity index (χ0) is 15.1. The van der Waals surface area contributed by atoms with E-state index in [1.54, 1.807) is 6.20 Å². The molecule has 1 aromatic heterocycles. The summed E-state index contributed by atoms with van der Waals surface area (Å²) in [5.41, 5.74) is 7.13. The molecule has 6 heteroatoms. The van der Waals surface area contributed by atoms with Crippen molar-refractivity contribution < 1.29 is 5.21 Å². The Kier molecular flexibility index (Phi) is 5.95. The van der Waals surface area contributed by atoms with E-state index in [-0.39, 0.29) is 5.84 Å². The lowest BCUT2D eigenvalue weighted by molar-refractivity contribution is 0.282. The summed E-state index contributed by atoms with van der Waals surface area (Å²) in [5, 5.41) is 15.1. The smallest absolute Gasteiger partial charge is 0.188 e. The predicted molar refractivity (Wildman–Crippen MR) is 83.3 cm³/mol. The van der Waals surface area contributed by atoms with Crippen molar-refractivity contribution in [3.8, 4) is 0 Å². The first kappa shape index (κ1) is 15.7. The fourth-order valence-corrected chi connectivity index (χ4v) is 2.71. The van der Waals surface area contributed by atoms with E-state index in [0.717, 1.165) is 18.7 Å². The van der Waals surface area contributed by atoms with Crippen LogP contribution in [0, 0.1) is 5.92 Å². The first-order valence-corrected chi connectivity index (χ1v) is 7.55. The Morgan fingerprint density at radius 2 is 2.29 bits per heavy atom. The van der Waals surface area contributed by atoms with Crippen LogP contribution in [0.4, 0.5) is 0 Å². The van der Waals surface area contributed by atoms with E-state index in [2.05, 4.69) is 27.3 Å². The van der Waals surface area contributed by atoms with Crippen LogP contribution in [0.1, 0.15) is 31.0 Å². The number of nitrogens with one attached hydrogen (secondary N) is 1. The van der Waals surface area contributed by atoms with Crippen LogP contribution in [0.15, 0.2) is 23.5 Å². The first-order chi connectivity index (χ1) is 10.2. The van der Waals surface area contributed by atoms with Gasteiger partial charge in [0, 0.05) is 19.3 Å². The summed E-state index contributed by atoms with van der Waals surface area (Å²) in [6.07, 6.45) is 4.36. The first-order valence-electron chi connectivity index (χ1n) is 7.55. The molecule has 1 unspecified atom stereocenters. The van der Waals surface area contributed by atoms with Crippen molar-refractivity contribution in [3.63, 3.8) is 0 Å². The highest BCUT2D eigenvalue weighted by molar-refractivity contribution is 5.95. The van der Waals surface area contributed by atoms with Crippen molar-refractivity contribution in [3.05, 3.63) is 29.6 Å². The molecule has 4 N–H and O–H groups in total. The maximum Gasteiger partial charge on any atom is 0.188 e. The predicted octanol–water partition coefficient (Wildman–Crippen LogP) is 0.998. The number of nitrogens with two attached hydrogens (primary N) is 1. The van der Waals surface area contributed by atoms with Gasteiger partial charge in [0.25, 0.3) is 0 Å². The van der Waals surface area contributed by atoms with Gasteiger partial charge in [0.05, 0.1) is 0 Å². The van der Waals surface area contributed by atoms with Crippen LogP contribution < -0.4 is 11.1 Å². The third-order valence-corrected chi connectivity index (χ3v) is 3.78. The van der Waals surface area contributed by atoms with E-state index in [0.29, 0.717) is 11.6 Å². The Bertz CT molecular complexity index is 471. The molecule has 21 heavy (non-hydrogen) atoms. The van der Waals surface area contributed by atoms with E-state index in [1.807, 2.05) is 12.1 Å². The summed E-state index contributed by atoms with van der Waals surface area (Å²) in [6, 6.07) is 3.78. The van der Waals surface area contributed by atoms with Gasteiger partial charge in [-0.1, -0.05) is 12.1 Å². The van der Waals surface area contributed by atoms with Gasteiger partial charge in [-0.15, -0.1) is 0 Å². The van der Waals surface area contributed by atoms with Gasteiger partial charge < -0.3 is 21.2 Å². The van der Waals surface area contributed by atoms with Crippen molar-refractivity contribution in [1.82, 2.24) is 15.2 Å². The number of amidine groups is 1. The van der Waals surface area contributed by atoms with Crippen LogP contribution in [0.5, 0.6) is 0 Å². The van der Waals surface area contributed by atoms with Crippen LogP contribution in [0.25, 0.3) is 0 Å². The monoisotopic (exact) mass is 291 g/mol. The molecule has 2 rings (SSSR count). The molecular weight excluding hydrogens is 266 g/mol. The molecule has 0 spiro atoms. The second kappa shape index (κ2) is 7.95. The third kappa shape index (κ3) is 4.99. The van der Waals surface area contributed by atoms with Gasteiger partial charge >= 0.3 is 0 Å². The Labute approximate surface area is 126 Å². The minimum Gasteiger partial charge on any atom is -0.409 e. The number of rotatable bonds is 7. The maximum atomic E-state index is 8.67. The van der Waals surface area contributed by atoms with E-state index in [9.17, 15) is 0 Å². The zero-order valence-corrected chi connectivity index (χ0v) is 12.6. The van der Waals surface area contributed by atoms with Crippen LogP contribution in [-0.2, 0) is 6.54 Å². The number of pyridine rings is 1. The van der Waals surface area contributed by atoms with E-state index in [4.69, 9.17) is 10.9 Å². The molecule has 116 valence electrons. The molecule has 1 aliphatic heterocycles. The molecule has 0 saturated carbocycles. The number of likely N-dealkylation sites (tertiary alicyclic amines) is 1. The SMILES string of the molecule is CC(CNCc1ccnc(C(N)=NO)c1)CN1CCCC1. The molecule has 0 aliphatic carbocycles. The summed E-state index contributed by atoms with van der Waals surface area (Å²) in [4.78, 5) is 6.61. The molecule has 6 nitrogen and oxygen atoms in total. The Balaban J connectivity index is 1.75. The van der Waals surface area contributed by atoms with Gasteiger partial charge in [-0.3, -0.25) is 4.98 Å². The number of oxime groups is 1. The highest BCUT2D eigenvalue weighted by Gasteiger charge is 2.14. The van der Waals surface area contributed by atoms with Crippen LogP contribution in [0.3, 0.4) is 0 Å². The minimum atomic E-state index is 0.0410. The van der Waals surface area contributed by atoms with Gasteiger partial charge in [-0.25, -0.2) is 0 Å². The van der Waals surface area contributed by atoms with E-state index < -0.39 is 0 Å². The standard InChI is InChI=1S/C15H25N5O/c1-12(11-20-6-2-3-7-20)9-17-10-13-4-5-18-14(8-13)15(16)19-21/h4-5,8,12,17,21H,2-3,6-7,9-11H2,1H3,(H2,16,19). The second-order valence-corrected chi connectivity index (χ2v) is 5.78. The summed E-state index contributed by atoms with van der Waals surface area (Å²) in [7, 11) is 0. The summed E-state index contributed by atoms with van der Waals surface area (Å²) >= 11 is 0. The van der Waals surface area contributed by atoms with Crippen molar-refractivity contribution in [2.24, 2.45) is 16.8 Å². The zero-order valence-electron chi connectivity index (χ0n) is 12.6. The van der Waals surface area contributed by atoms with Crippen molar-refractivity contribution in [2.45, 2.75) is 26.3 Å². The van der Waals surface area contributed by atoms with Crippen LogP contribution in [0.2, 0.25) is 0 Å². The van der Waals surface area contributed by atoms with Gasteiger partial charge in [0.2, 0.25) is 0 Å². The van der Waals surface area contributed by atoms with Gasteiger partial charge in [0.15, 0.2) is 5.84 Å². The van der Waals surface area contributed by atoms with Gasteiger partial charge in [0.1, 0.15) is 5.69 Å². The highest BCUT2D eigenvalue weighted by Crippen LogP contribution is 2.10. The Morgan fingerprint density at radius 3 is 3.00 bits per heavy atom.